The number of anilines is 3. The third-order valence-corrected chi connectivity index (χ3v) is 13.4. The van der Waals surface area contributed by atoms with Crippen molar-refractivity contribution in [3.05, 3.63) is 186 Å². The molecule has 0 fully saturated rings. The zero-order valence-electron chi connectivity index (χ0n) is 34.2. The smallest absolute Gasteiger partial charge is 0.143 e. The molecule has 0 radical (unpaired) electrons. The Morgan fingerprint density at radius 3 is 1.88 bits per heavy atom. The molecule has 1 heterocycles. The molecule has 282 valence electrons. The van der Waals surface area contributed by atoms with Crippen LogP contribution in [0.1, 0.15) is 70.2 Å². The molecule has 2 nitrogen and oxygen atoms in total. The van der Waals surface area contributed by atoms with Gasteiger partial charge in [0.25, 0.3) is 0 Å². The lowest BCUT2D eigenvalue weighted by Crippen LogP contribution is -2.17. The molecule has 0 saturated heterocycles. The fraction of sp³-hybridized carbons (Fsp3) is 0.179. The highest BCUT2D eigenvalue weighted by atomic mass is 16.3. The van der Waals surface area contributed by atoms with E-state index in [0.29, 0.717) is 0 Å². The van der Waals surface area contributed by atoms with Crippen LogP contribution in [0.5, 0.6) is 0 Å². The molecule has 1 aromatic heterocycles. The largest absolute Gasteiger partial charge is 0.455 e. The van der Waals surface area contributed by atoms with E-state index in [4.69, 9.17) is 4.42 Å². The number of fused-ring (bicyclic) bond motifs is 8. The summed E-state index contributed by atoms with van der Waals surface area (Å²) < 4.78 is 6.75. The number of hydrogen-bond acceptors (Lipinski definition) is 2. The van der Waals surface area contributed by atoms with Crippen LogP contribution in [-0.4, -0.2) is 0 Å². The first-order chi connectivity index (χ1) is 28.0. The predicted molar refractivity (Wildman–Crippen MR) is 245 cm³/mol. The fourth-order valence-corrected chi connectivity index (χ4v) is 10.7. The lowest BCUT2D eigenvalue weighted by atomic mass is 9.82. The minimum Gasteiger partial charge on any atom is -0.455 e. The molecule has 0 bridgehead atoms. The summed E-state index contributed by atoms with van der Waals surface area (Å²) in [7, 11) is 0. The van der Waals surface area contributed by atoms with Crippen molar-refractivity contribution in [2.75, 3.05) is 4.90 Å². The second-order valence-corrected chi connectivity index (χ2v) is 18.5. The number of para-hydroxylation sites is 1. The summed E-state index contributed by atoms with van der Waals surface area (Å²) in [6, 6.07) is 60.6. The van der Waals surface area contributed by atoms with Crippen LogP contribution in [0.4, 0.5) is 17.1 Å². The van der Waals surface area contributed by atoms with E-state index < -0.39 is 0 Å². The second-order valence-electron chi connectivity index (χ2n) is 18.5. The molecular weight excluding hydrogens is 703 g/mol. The maximum atomic E-state index is 6.75. The standard InChI is InChI=1S/C56H47NO/c1-54(2)34-55(3,4)51-33-52-47(32-50(51)54)46-19-12-18-43(53(46)58-52)37-23-21-36(22-24-37)39-15-11-16-40(29-39)57(41-26-25-35-13-7-8-14-38(35)30-41)42-27-28-45-44-17-9-10-20-48(44)56(5,6)49(45)31-42/h7-33H,34H2,1-6H3. The van der Waals surface area contributed by atoms with Gasteiger partial charge in [0.15, 0.2) is 0 Å². The van der Waals surface area contributed by atoms with Crippen molar-refractivity contribution >= 4 is 49.8 Å². The molecule has 0 aliphatic heterocycles. The summed E-state index contributed by atoms with van der Waals surface area (Å²) in [5, 5.41) is 4.85. The van der Waals surface area contributed by atoms with Gasteiger partial charge in [0.1, 0.15) is 11.2 Å². The van der Waals surface area contributed by atoms with Crippen LogP contribution < -0.4 is 4.90 Å². The first-order valence-corrected chi connectivity index (χ1v) is 20.7. The lowest BCUT2D eigenvalue weighted by molar-refractivity contribution is 0.403. The average Bonchev–Trinajstić information content (AvgIpc) is 3.78. The van der Waals surface area contributed by atoms with Crippen LogP contribution in [0.25, 0.3) is 66.1 Å². The molecule has 0 amide bonds. The minimum atomic E-state index is -0.0961. The number of nitrogens with zero attached hydrogens (tertiary/aromatic N) is 1. The monoisotopic (exact) mass is 749 g/mol. The van der Waals surface area contributed by atoms with E-state index in [9.17, 15) is 0 Å². The van der Waals surface area contributed by atoms with Gasteiger partial charge in [0.05, 0.1) is 0 Å². The Morgan fingerprint density at radius 2 is 1.05 bits per heavy atom. The summed E-state index contributed by atoms with van der Waals surface area (Å²) in [5.74, 6) is 0. The van der Waals surface area contributed by atoms with Crippen molar-refractivity contribution < 1.29 is 4.42 Å². The summed E-state index contributed by atoms with van der Waals surface area (Å²) in [5.41, 5.74) is 18.4. The van der Waals surface area contributed by atoms with Gasteiger partial charge < -0.3 is 9.32 Å². The van der Waals surface area contributed by atoms with Crippen LogP contribution in [0.3, 0.4) is 0 Å². The minimum absolute atomic E-state index is 0.0961. The van der Waals surface area contributed by atoms with Crippen molar-refractivity contribution in [3.8, 4) is 33.4 Å². The fourth-order valence-electron chi connectivity index (χ4n) is 10.7. The van der Waals surface area contributed by atoms with Crippen LogP contribution in [0, 0.1) is 0 Å². The average molecular weight is 750 g/mol. The number of rotatable bonds is 5. The maximum Gasteiger partial charge on any atom is 0.143 e. The Bertz CT molecular complexity index is 3120. The highest BCUT2D eigenvalue weighted by molar-refractivity contribution is 6.10. The van der Waals surface area contributed by atoms with Crippen LogP contribution in [-0.2, 0) is 16.2 Å². The molecule has 8 aromatic carbocycles. The quantitative estimate of drug-likeness (QED) is 0.174. The molecule has 11 rings (SSSR count). The third-order valence-electron chi connectivity index (χ3n) is 13.4. The molecular formula is C56H47NO. The van der Waals surface area contributed by atoms with Gasteiger partial charge in [0.2, 0.25) is 0 Å². The Labute approximate surface area is 341 Å². The van der Waals surface area contributed by atoms with Gasteiger partial charge >= 0.3 is 0 Å². The number of hydrogen-bond donors (Lipinski definition) is 0. The summed E-state index contributed by atoms with van der Waals surface area (Å²) >= 11 is 0. The Kier molecular flexibility index (Phi) is 7.39. The Morgan fingerprint density at radius 1 is 0.414 bits per heavy atom. The highest BCUT2D eigenvalue weighted by Gasteiger charge is 2.42. The molecule has 58 heavy (non-hydrogen) atoms. The van der Waals surface area contributed by atoms with Crippen molar-refractivity contribution in [2.45, 2.75) is 64.2 Å². The zero-order valence-corrected chi connectivity index (χ0v) is 34.2. The van der Waals surface area contributed by atoms with E-state index in [1.165, 1.54) is 66.1 Å². The summed E-state index contributed by atoms with van der Waals surface area (Å²) in [6.07, 6.45) is 1.14. The van der Waals surface area contributed by atoms with Gasteiger partial charge in [-0.2, -0.15) is 0 Å². The van der Waals surface area contributed by atoms with Crippen molar-refractivity contribution in [2.24, 2.45) is 0 Å². The van der Waals surface area contributed by atoms with Gasteiger partial charge in [0, 0.05) is 38.8 Å². The van der Waals surface area contributed by atoms with Crippen LogP contribution in [0.15, 0.2) is 168 Å². The second kappa shape index (κ2) is 12.3. The molecule has 2 heteroatoms. The third kappa shape index (κ3) is 5.24. The van der Waals surface area contributed by atoms with Gasteiger partial charge in [-0.3, -0.25) is 0 Å². The Hall–Kier alpha value is -6.38. The van der Waals surface area contributed by atoms with E-state index in [2.05, 4.69) is 210 Å². The molecule has 2 aliphatic carbocycles. The summed E-state index contributed by atoms with van der Waals surface area (Å²) in [6.45, 7) is 14.2. The first kappa shape index (κ1) is 34.8. The topological polar surface area (TPSA) is 16.4 Å². The van der Waals surface area contributed by atoms with Crippen LogP contribution >= 0.6 is 0 Å². The molecule has 0 unspecified atom stereocenters. The predicted octanol–water partition coefficient (Wildman–Crippen LogP) is 15.8. The van der Waals surface area contributed by atoms with Gasteiger partial charge in [-0.05, 0) is 127 Å². The van der Waals surface area contributed by atoms with Gasteiger partial charge in [-0.25, -0.2) is 0 Å². The number of benzene rings is 8. The van der Waals surface area contributed by atoms with E-state index in [0.717, 1.165) is 45.8 Å². The lowest BCUT2D eigenvalue weighted by Gasteiger charge is -2.28. The van der Waals surface area contributed by atoms with Crippen molar-refractivity contribution in [1.82, 2.24) is 0 Å². The highest BCUT2D eigenvalue weighted by Crippen LogP contribution is 2.53. The molecule has 0 atom stereocenters. The van der Waals surface area contributed by atoms with Crippen molar-refractivity contribution in [1.29, 1.82) is 0 Å². The normalized spacial score (nSPS) is 15.8. The molecule has 0 N–H and O–H groups in total. The van der Waals surface area contributed by atoms with Gasteiger partial charge in [-0.1, -0.05) is 157 Å². The van der Waals surface area contributed by atoms with E-state index >= 15 is 0 Å². The molecule has 0 spiro atoms. The SMILES string of the molecule is CC1(C)CC(C)(C)c2cc3c(cc21)oc1c(-c2ccc(-c4cccc(N(c5ccc6c(c5)C(C)(C)c5ccccc5-6)c5ccc6ccccc6c5)c4)cc2)cccc13. The molecule has 0 saturated carbocycles. The van der Waals surface area contributed by atoms with Crippen LogP contribution in [0.2, 0.25) is 0 Å². The van der Waals surface area contributed by atoms with Gasteiger partial charge in [-0.15, -0.1) is 0 Å². The van der Waals surface area contributed by atoms with E-state index in [-0.39, 0.29) is 16.2 Å². The Balaban J connectivity index is 0.987. The molecule has 9 aromatic rings. The van der Waals surface area contributed by atoms with E-state index in [1.807, 2.05) is 0 Å². The maximum absolute atomic E-state index is 6.75. The van der Waals surface area contributed by atoms with Crippen molar-refractivity contribution in [3.63, 3.8) is 0 Å². The number of furan rings is 1. The molecule has 2 aliphatic rings. The first-order valence-electron chi connectivity index (χ1n) is 20.7. The van der Waals surface area contributed by atoms with E-state index in [1.54, 1.807) is 0 Å². The summed E-state index contributed by atoms with van der Waals surface area (Å²) in [4.78, 5) is 2.42. The zero-order chi connectivity index (χ0) is 39.6.